The summed E-state index contributed by atoms with van der Waals surface area (Å²) in [6, 6.07) is 52.5. The molecule has 0 N–H and O–H groups in total. The molecule has 0 bridgehead atoms. The van der Waals surface area contributed by atoms with Gasteiger partial charge in [0.25, 0.3) is 6.33 Å². The van der Waals surface area contributed by atoms with Gasteiger partial charge in [-0.1, -0.05) is 134 Å². The first-order valence-electron chi connectivity index (χ1n) is 21.5. The van der Waals surface area contributed by atoms with Gasteiger partial charge in [0, 0.05) is 67.4 Å². The van der Waals surface area contributed by atoms with E-state index in [0.717, 1.165) is 55.7 Å². The summed E-state index contributed by atoms with van der Waals surface area (Å²) in [6.45, 7) is 20.3. The van der Waals surface area contributed by atoms with E-state index in [1.807, 2.05) is 23.0 Å². The number of nitrogens with zero attached hydrogens (tertiary/aromatic N) is 5. The van der Waals surface area contributed by atoms with Crippen molar-refractivity contribution in [2.24, 2.45) is 0 Å². The number of ether oxygens (including phenoxy) is 1. The summed E-state index contributed by atoms with van der Waals surface area (Å²) in [5.74, 6) is 1.98. The second-order valence-corrected chi connectivity index (χ2v) is 19.6. The van der Waals surface area contributed by atoms with Gasteiger partial charge in [-0.3, -0.25) is 4.57 Å². The zero-order valence-electron chi connectivity index (χ0n) is 37.3. The molecule has 10 aromatic rings. The molecular formula is C56H51N5OPt-2. The van der Waals surface area contributed by atoms with Crippen LogP contribution >= 0.6 is 0 Å². The molecule has 0 aliphatic heterocycles. The number of pyridine rings is 1. The number of para-hydroxylation sites is 3. The molecule has 0 radical (unpaired) electrons. The summed E-state index contributed by atoms with van der Waals surface area (Å²) in [4.78, 5) is 4.89. The summed E-state index contributed by atoms with van der Waals surface area (Å²) in [5, 5.41) is 4.59. The maximum atomic E-state index is 6.88. The molecular weight excluding hydrogens is 954 g/mol. The Morgan fingerprint density at radius 3 is 1.71 bits per heavy atom. The van der Waals surface area contributed by atoms with Crippen molar-refractivity contribution in [3.8, 4) is 34.4 Å². The van der Waals surface area contributed by atoms with Crippen LogP contribution in [-0.4, -0.2) is 18.7 Å². The molecule has 7 heteroatoms. The molecule has 6 aromatic carbocycles. The van der Waals surface area contributed by atoms with Crippen molar-refractivity contribution in [3.05, 3.63) is 181 Å². The van der Waals surface area contributed by atoms with Gasteiger partial charge in [-0.05, 0) is 86.5 Å². The normalized spacial score (nSPS) is 12.4. The molecule has 63 heavy (non-hydrogen) atoms. The molecule has 0 aliphatic rings. The van der Waals surface area contributed by atoms with Crippen molar-refractivity contribution in [1.82, 2.24) is 18.7 Å². The smallest absolute Gasteiger partial charge is 0.267 e. The third-order valence-electron chi connectivity index (χ3n) is 12.0. The summed E-state index contributed by atoms with van der Waals surface area (Å²) < 4.78 is 15.5. The van der Waals surface area contributed by atoms with Crippen molar-refractivity contribution < 1.29 is 30.4 Å². The van der Waals surface area contributed by atoms with E-state index in [9.17, 15) is 0 Å². The second kappa shape index (κ2) is 15.5. The van der Waals surface area contributed by atoms with Crippen molar-refractivity contribution >= 4 is 43.6 Å². The Kier molecular flexibility index (Phi) is 10.4. The summed E-state index contributed by atoms with van der Waals surface area (Å²) in [6.07, 6.45) is 9.65. The number of rotatable bonds is 6. The SMILES string of the molecule is CC(C)(C)c1cc(-[n+]2[c-]n(-c3[c-]c(Oc4[c-]c5c(cc4)c4ccccc4n5-c4cc(C(C)(C)C)ccn4)cc(-n4c5ccccc5c5ccccc54)c3)cc2)cc(C(C)(C)C)c1.[Pt]. The van der Waals surface area contributed by atoms with Gasteiger partial charge in [-0.2, -0.15) is 6.07 Å². The Balaban J connectivity index is 0.00000504. The molecule has 0 atom stereocenters. The van der Waals surface area contributed by atoms with E-state index in [-0.39, 0.29) is 37.3 Å². The predicted molar refractivity (Wildman–Crippen MR) is 253 cm³/mol. The monoisotopic (exact) mass is 1000 g/mol. The fourth-order valence-corrected chi connectivity index (χ4v) is 8.54. The molecule has 6 nitrogen and oxygen atoms in total. The van der Waals surface area contributed by atoms with Crippen LogP contribution in [0.1, 0.15) is 79.0 Å². The Labute approximate surface area is 384 Å². The Morgan fingerprint density at radius 2 is 1.11 bits per heavy atom. The number of hydrogen-bond acceptors (Lipinski definition) is 2. The number of hydrogen-bond donors (Lipinski definition) is 0. The van der Waals surface area contributed by atoms with Gasteiger partial charge in [-0.15, -0.1) is 35.7 Å². The number of aromatic nitrogens is 5. The molecule has 10 rings (SSSR count). The fourth-order valence-electron chi connectivity index (χ4n) is 8.54. The fraction of sp³-hybridized carbons (Fsp3) is 0.214. The molecule has 0 fully saturated rings. The number of fused-ring (bicyclic) bond motifs is 6. The largest absolute Gasteiger partial charge is 0.510 e. The van der Waals surface area contributed by atoms with Gasteiger partial charge >= 0.3 is 0 Å². The first-order chi connectivity index (χ1) is 29.6. The van der Waals surface area contributed by atoms with Crippen molar-refractivity contribution in [3.63, 3.8) is 0 Å². The predicted octanol–water partition coefficient (Wildman–Crippen LogP) is 13.4. The van der Waals surface area contributed by atoms with E-state index < -0.39 is 0 Å². The van der Waals surface area contributed by atoms with E-state index in [1.165, 1.54) is 27.5 Å². The van der Waals surface area contributed by atoms with Gasteiger partial charge in [-0.25, -0.2) is 4.98 Å². The molecule has 0 spiro atoms. The van der Waals surface area contributed by atoms with E-state index in [1.54, 1.807) is 0 Å². The van der Waals surface area contributed by atoms with E-state index >= 15 is 0 Å². The van der Waals surface area contributed by atoms with Gasteiger partial charge < -0.3 is 18.4 Å². The summed E-state index contributed by atoms with van der Waals surface area (Å²) in [5.41, 5.74) is 10.7. The minimum Gasteiger partial charge on any atom is -0.510 e. The third kappa shape index (κ3) is 7.69. The van der Waals surface area contributed by atoms with Crippen LogP contribution in [0.3, 0.4) is 0 Å². The van der Waals surface area contributed by atoms with Crippen LogP contribution in [0.15, 0.2) is 146 Å². The van der Waals surface area contributed by atoms with Crippen LogP contribution in [0.5, 0.6) is 11.5 Å². The summed E-state index contributed by atoms with van der Waals surface area (Å²) >= 11 is 0. The van der Waals surface area contributed by atoms with Gasteiger partial charge in [0.2, 0.25) is 0 Å². The van der Waals surface area contributed by atoms with E-state index in [4.69, 9.17) is 9.72 Å². The summed E-state index contributed by atoms with van der Waals surface area (Å²) in [7, 11) is 0. The standard InChI is InChI=1S/C56H51N5O.Pt/c1-54(2,3)37-24-25-57-53(31-37)61-51-21-15-12-18-47(51)48-23-22-43(35-52(48)61)62-44-33-41(32-42(34-44)60-49-19-13-10-16-45(49)46-17-11-14-20-50(46)60)59-27-26-58(36-59)40-29-38(55(4,5)6)28-39(30-40)56(7,8)9;/h10-32,34H,1-9H3;/q-2;. The molecule has 4 heterocycles. The minimum absolute atomic E-state index is 0. The molecule has 0 unspecified atom stereocenters. The van der Waals surface area contributed by atoms with E-state index in [0.29, 0.717) is 11.5 Å². The topological polar surface area (TPSA) is 40.8 Å². The first kappa shape index (κ1) is 42.1. The zero-order chi connectivity index (χ0) is 43.1. The average Bonchev–Trinajstić information content (AvgIpc) is 3.96. The van der Waals surface area contributed by atoms with Crippen LogP contribution in [-0.2, 0) is 37.3 Å². The Morgan fingerprint density at radius 1 is 0.540 bits per heavy atom. The molecule has 0 amide bonds. The molecule has 4 aromatic heterocycles. The number of benzene rings is 6. The van der Waals surface area contributed by atoms with Crippen LogP contribution in [0.25, 0.3) is 66.5 Å². The first-order valence-corrected chi connectivity index (χ1v) is 21.5. The maximum Gasteiger partial charge on any atom is 0.267 e. The van der Waals surface area contributed by atoms with Crippen LogP contribution < -0.4 is 9.30 Å². The Bertz CT molecular complexity index is 3260. The molecule has 0 saturated heterocycles. The zero-order valence-corrected chi connectivity index (χ0v) is 39.6. The van der Waals surface area contributed by atoms with Gasteiger partial charge in [0.1, 0.15) is 5.82 Å². The molecule has 318 valence electrons. The van der Waals surface area contributed by atoms with Gasteiger partial charge in [0.15, 0.2) is 0 Å². The van der Waals surface area contributed by atoms with Crippen LogP contribution in [0.4, 0.5) is 0 Å². The van der Waals surface area contributed by atoms with Gasteiger partial charge in [0.05, 0.1) is 16.7 Å². The maximum absolute atomic E-state index is 6.88. The van der Waals surface area contributed by atoms with Crippen molar-refractivity contribution in [2.75, 3.05) is 0 Å². The number of imidazole rings is 1. The third-order valence-corrected chi connectivity index (χ3v) is 12.0. The molecule has 0 saturated carbocycles. The quantitative estimate of drug-likeness (QED) is 0.123. The average molecular weight is 1010 g/mol. The Hall–Kier alpha value is -6.23. The van der Waals surface area contributed by atoms with Crippen molar-refractivity contribution in [1.29, 1.82) is 0 Å². The minimum atomic E-state index is -0.0361. The van der Waals surface area contributed by atoms with Crippen molar-refractivity contribution in [2.45, 2.75) is 78.6 Å². The van der Waals surface area contributed by atoms with Crippen LogP contribution in [0, 0.1) is 18.5 Å². The second-order valence-electron chi connectivity index (χ2n) is 19.6. The molecule has 0 aliphatic carbocycles. The van der Waals surface area contributed by atoms with Crippen LogP contribution in [0.2, 0.25) is 0 Å². The van der Waals surface area contributed by atoms with E-state index in [2.05, 4.69) is 222 Å².